The Bertz CT molecular complexity index is 1140. The van der Waals surface area contributed by atoms with E-state index < -0.39 is 0 Å². The van der Waals surface area contributed by atoms with Crippen LogP contribution in [0.3, 0.4) is 0 Å². The maximum absolute atomic E-state index is 12.3. The highest BCUT2D eigenvalue weighted by Gasteiger charge is 2.05. The minimum absolute atomic E-state index is 0.00921. The molecule has 3 N–H and O–H groups in total. The fraction of sp³-hybridized carbons (Fsp3) is 0.192. The van der Waals surface area contributed by atoms with E-state index in [-0.39, 0.29) is 16.9 Å². The molecule has 0 heterocycles. The number of hydrogen-bond acceptors (Lipinski definition) is 3. The third-order valence-electron chi connectivity index (χ3n) is 4.89. The van der Waals surface area contributed by atoms with Gasteiger partial charge in [0.2, 0.25) is 11.8 Å². The average molecular weight is 446 g/mol. The zero-order valence-electron chi connectivity index (χ0n) is 18.1. The molecule has 3 rings (SSSR count). The maximum Gasteiger partial charge on any atom is 0.250 e. The summed E-state index contributed by atoms with van der Waals surface area (Å²) in [5.74, 6) is -0.333. The molecule has 0 fully saturated rings. The van der Waals surface area contributed by atoms with Crippen LogP contribution in [0, 0.1) is 0 Å². The predicted molar refractivity (Wildman–Crippen MR) is 137 cm³/mol. The Hall–Kier alpha value is -3.51. The monoisotopic (exact) mass is 445 g/mol. The molecule has 0 saturated heterocycles. The second-order valence-electron chi connectivity index (χ2n) is 7.43. The van der Waals surface area contributed by atoms with Crippen molar-refractivity contribution in [1.82, 2.24) is 5.32 Å². The molecule has 0 aliphatic rings. The van der Waals surface area contributed by atoms with Crippen molar-refractivity contribution in [3.63, 3.8) is 0 Å². The third kappa shape index (κ3) is 7.03. The van der Waals surface area contributed by atoms with Crippen LogP contribution in [0.4, 0.5) is 11.4 Å². The Morgan fingerprint density at radius 2 is 1.62 bits per heavy atom. The van der Waals surface area contributed by atoms with Crippen LogP contribution >= 0.6 is 12.2 Å². The molecule has 0 bridgehead atoms. The van der Waals surface area contributed by atoms with Gasteiger partial charge in [0.15, 0.2) is 5.11 Å². The van der Waals surface area contributed by atoms with Crippen LogP contribution in [0.2, 0.25) is 0 Å². The topological polar surface area (TPSA) is 70.2 Å². The van der Waals surface area contributed by atoms with E-state index in [0.717, 1.165) is 35.6 Å². The first-order valence-corrected chi connectivity index (χ1v) is 11.1. The largest absolute Gasteiger partial charge is 0.332 e. The van der Waals surface area contributed by atoms with Gasteiger partial charge in [-0.25, -0.2) is 0 Å². The normalized spacial score (nSPS) is 10.8. The molecule has 5 nitrogen and oxygen atoms in total. The Balaban J connectivity index is 1.54. The highest BCUT2D eigenvalue weighted by molar-refractivity contribution is 7.80. The quantitative estimate of drug-likeness (QED) is 0.230. The van der Waals surface area contributed by atoms with E-state index in [1.54, 1.807) is 12.1 Å². The second-order valence-corrected chi connectivity index (χ2v) is 7.84. The van der Waals surface area contributed by atoms with Gasteiger partial charge in [-0.15, -0.1) is 0 Å². The Labute approximate surface area is 193 Å². The molecule has 164 valence electrons. The molecular formula is C26H27N3O2S. The molecule has 0 aromatic heterocycles. The van der Waals surface area contributed by atoms with Crippen LogP contribution in [0.1, 0.15) is 38.2 Å². The van der Waals surface area contributed by atoms with Crippen molar-refractivity contribution < 1.29 is 9.59 Å². The molecule has 0 atom stereocenters. The summed E-state index contributed by atoms with van der Waals surface area (Å²) in [6, 6.07) is 21.2. The van der Waals surface area contributed by atoms with Gasteiger partial charge in [0.1, 0.15) is 0 Å². The van der Waals surface area contributed by atoms with Gasteiger partial charge in [0.05, 0.1) is 0 Å². The van der Waals surface area contributed by atoms with Gasteiger partial charge >= 0.3 is 0 Å². The summed E-state index contributed by atoms with van der Waals surface area (Å²) < 4.78 is 0. The lowest BCUT2D eigenvalue weighted by Gasteiger charge is -2.10. The molecule has 0 spiro atoms. The number of carbonyl (C=O) groups is 2. The van der Waals surface area contributed by atoms with Gasteiger partial charge < -0.3 is 10.6 Å². The van der Waals surface area contributed by atoms with E-state index in [0.29, 0.717) is 17.8 Å². The zero-order valence-corrected chi connectivity index (χ0v) is 18.9. The van der Waals surface area contributed by atoms with Gasteiger partial charge in [0.25, 0.3) is 0 Å². The summed E-state index contributed by atoms with van der Waals surface area (Å²) in [6.45, 7) is 2.11. The number of thiocarbonyl (C=S) groups is 1. The van der Waals surface area contributed by atoms with Crippen LogP contribution in [0.5, 0.6) is 0 Å². The van der Waals surface area contributed by atoms with Crippen molar-refractivity contribution in [2.45, 2.75) is 32.6 Å². The first kappa shape index (κ1) is 23.2. The van der Waals surface area contributed by atoms with Crippen molar-refractivity contribution in [2.24, 2.45) is 0 Å². The Morgan fingerprint density at radius 3 is 2.44 bits per heavy atom. The summed E-state index contributed by atoms with van der Waals surface area (Å²) in [7, 11) is 0. The van der Waals surface area contributed by atoms with Crippen LogP contribution < -0.4 is 16.0 Å². The van der Waals surface area contributed by atoms with Gasteiger partial charge in [-0.2, -0.15) is 0 Å². The smallest absolute Gasteiger partial charge is 0.250 e. The standard InChI is InChI=1S/C26H27N3O2S/c1-2-3-4-15-24(30)27-21-12-8-13-22(18-21)28-26(32)29-25(31)17-16-20-11-7-10-19-9-5-6-14-23(19)20/h5-14,16-18H,2-4,15H2,1H3,(H,27,30)(H2,28,29,31,32)/b17-16+. The molecule has 0 aliphatic heterocycles. The number of fused-ring (bicyclic) bond motifs is 1. The molecule has 2 amide bonds. The highest BCUT2D eigenvalue weighted by Crippen LogP contribution is 2.19. The summed E-state index contributed by atoms with van der Waals surface area (Å²) in [6.07, 6.45) is 6.73. The van der Waals surface area contributed by atoms with Crippen molar-refractivity contribution in [1.29, 1.82) is 0 Å². The molecule has 0 unspecified atom stereocenters. The minimum atomic E-state index is -0.323. The SMILES string of the molecule is CCCCCC(=O)Nc1cccc(NC(=S)NC(=O)/C=C/c2cccc3ccccc23)c1. The fourth-order valence-corrected chi connectivity index (χ4v) is 3.53. The number of carbonyl (C=O) groups excluding carboxylic acids is 2. The second kappa shape index (κ2) is 11.8. The molecule has 0 radical (unpaired) electrons. The lowest BCUT2D eigenvalue weighted by Crippen LogP contribution is -2.32. The fourth-order valence-electron chi connectivity index (χ4n) is 3.31. The van der Waals surface area contributed by atoms with Crippen LogP contribution in [0.25, 0.3) is 16.8 Å². The third-order valence-corrected chi connectivity index (χ3v) is 5.09. The molecule has 32 heavy (non-hydrogen) atoms. The lowest BCUT2D eigenvalue weighted by atomic mass is 10.0. The number of benzene rings is 3. The van der Waals surface area contributed by atoms with Crippen molar-refractivity contribution in [3.05, 3.63) is 78.4 Å². The molecular weight excluding hydrogens is 418 g/mol. The van der Waals surface area contributed by atoms with Crippen molar-refractivity contribution in [2.75, 3.05) is 10.6 Å². The van der Waals surface area contributed by atoms with Crippen LogP contribution in [-0.2, 0) is 9.59 Å². The predicted octanol–water partition coefficient (Wildman–Crippen LogP) is 5.89. The van der Waals surface area contributed by atoms with Crippen molar-refractivity contribution in [3.8, 4) is 0 Å². The molecule has 3 aromatic carbocycles. The van der Waals surface area contributed by atoms with Gasteiger partial charge in [-0.1, -0.05) is 68.3 Å². The van der Waals surface area contributed by atoms with E-state index in [1.807, 2.05) is 60.7 Å². The maximum atomic E-state index is 12.3. The molecule has 0 aliphatic carbocycles. The summed E-state index contributed by atoms with van der Waals surface area (Å²) in [4.78, 5) is 24.3. The van der Waals surface area contributed by atoms with Crippen LogP contribution in [-0.4, -0.2) is 16.9 Å². The van der Waals surface area contributed by atoms with E-state index in [1.165, 1.54) is 6.08 Å². The minimum Gasteiger partial charge on any atom is -0.332 e. The number of unbranched alkanes of at least 4 members (excludes halogenated alkanes) is 2. The highest BCUT2D eigenvalue weighted by atomic mass is 32.1. The van der Waals surface area contributed by atoms with E-state index in [4.69, 9.17) is 12.2 Å². The number of nitrogens with one attached hydrogen (secondary N) is 3. The average Bonchev–Trinajstić information content (AvgIpc) is 2.78. The molecule has 3 aromatic rings. The van der Waals surface area contributed by atoms with E-state index in [9.17, 15) is 9.59 Å². The van der Waals surface area contributed by atoms with E-state index in [2.05, 4.69) is 22.9 Å². The first-order valence-electron chi connectivity index (χ1n) is 10.7. The van der Waals surface area contributed by atoms with Gasteiger partial charge in [-0.3, -0.25) is 14.9 Å². The number of anilines is 2. The zero-order chi connectivity index (χ0) is 22.8. The Morgan fingerprint density at radius 1 is 0.906 bits per heavy atom. The molecule has 6 heteroatoms. The summed E-state index contributed by atoms with van der Waals surface area (Å²) >= 11 is 5.26. The van der Waals surface area contributed by atoms with Crippen LogP contribution in [0.15, 0.2) is 72.8 Å². The van der Waals surface area contributed by atoms with Crippen molar-refractivity contribution >= 4 is 57.4 Å². The summed E-state index contributed by atoms with van der Waals surface area (Å²) in [5, 5.41) is 10.9. The summed E-state index contributed by atoms with van der Waals surface area (Å²) in [5.41, 5.74) is 2.32. The van der Waals surface area contributed by atoms with Gasteiger partial charge in [0, 0.05) is 23.9 Å². The lowest BCUT2D eigenvalue weighted by molar-refractivity contribution is -0.116. The first-order chi connectivity index (χ1) is 15.5. The van der Waals surface area contributed by atoms with Gasteiger partial charge in [-0.05, 0) is 59.2 Å². The number of rotatable bonds is 8. The molecule has 0 saturated carbocycles. The number of amides is 2. The number of hydrogen-bond donors (Lipinski definition) is 3. The Kier molecular flexibility index (Phi) is 8.52. The van der Waals surface area contributed by atoms with E-state index >= 15 is 0 Å².